The molecule has 1 aromatic carbocycles. The Bertz CT molecular complexity index is 1020. The molecule has 1 spiro atoms. The fourth-order valence-electron chi connectivity index (χ4n) is 4.48. The van der Waals surface area contributed by atoms with E-state index >= 15 is 0 Å². The molecule has 2 aromatic rings. The second-order valence-electron chi connectivity index (χ2n) is 8.31. The molecule has 0 bridgehead atoms. The molecule has 1 saturated heterocycles. The molecule has 1 atom stereocenters. The Balaban J connectivity index is 1.47. The van der Waals surface area contributed by atoms with Gasteiger partial charge in [-0.05, 0) is 75.0 Å². The van der Waals surface area contributed by atoms with Crippen LogP contribution >= 0.6 is 11.3 Å². The number of carbonyl (C=O) groups is 1. The fourth-order valence-corrected chi connectivity index (χ4v) is 6.71. The lowest BCUT2D eigenvalue weighted by atomic mass is 9.84. The average Bonchev–Trinajstić information content (AvgIpc) is 3.18. The molecule has 7 heteroatoms. The number of sulfone groups is 1. The maximum absolute atomic E-state index is 12.9. The number of Topliss-reactive ketones (excluding diaryl/α,β-unsaturated/α-hetero) is 1. The number of hydrogen-bond donors (Lipinski definition) is 1. The number of ether oxygens (including phenoxy) is 1. The van der Waals surface area contributed by atoms with Gasteiger partial charge in [0.15, 0.2) is 15.6 Å². The number of thiophene rings is 1. The highest BCUT2D eigenvalue weighted by Gasteiger charge is 2.43. The van der Waals surface area contributed by atoms with Crippen molar-refractivity contribution >= 4 is 27.0 Å². The Hall–Kier alpha value is -1.54. The van der Waals surface area contributed by atoms with E-state index in [1.165, 1.54) is 10.4 Å². The average molecular weight is 448 g/mol. The van der Waals surface area contributed by atoms with Gasteiger partial charge in [-0.3, -0.25) is 4.79 Å². The van der Waals surface area contributed by atoms with Gasteiger partial charge >= 0.3 is 0 Å². The highest BCUT2D eigenvalue weighted by Crippen LogP contribution is 2.46. The highest BCUT2D eigenvalue weighted by atomic mass is 32.2. The Morgan fingerprint density at radius 3 is 2.60 bits per heavy atom. The van der Waals surface area contributed by atoms with Gasteiger partial charge < -0.3 is 10.1 Å². The molecule has 0 radical (unpaired) electrons. The van der Waals surface area contributed by atoms with Crippen LogP contribution in [0.3, 0.4) is 0 Å². The quantitative estimate of drug-likeness (QED) is 0.680. The molecule has 0 saturated carbocycles. The first kappa shape index (κ1) is 21.7. The smallest absolute Gasteiger partial charge is 0.178 e. The fraction of sp³-hybridized carbons (Fsp3) is 0.522. The van der Waals surface area contributed by atoms with Crippen molar-refractivity contribution in [3.63, 3.8) is 0 Å². The molecule has 5 nitrogen and oxygen atoms in total. The van der Waals surface area contributed by atoms with Crippen LogP contribution in [-0.2, 0) is 33.0 Å². The van der Waals surface area contributed by atoms with E-state index in [2.05, 4.69) is 18.3 Å². The number of hydrogen-bond acceptors (Lipinski definition) is 6. The summed E-state index contributed by atoms with van der Waals surface area (Å²) in [5, 5.41) is 3.41. The minimum absolute atomic E-state index is 0.0910. The number of nitrogens with one attached hydrogen (secondary N) is 1. The third-order valence-electron chi connectivity index (χ3n) is 6.15. The summed E-state index contributed by atoms with van der Waals surface area (Å²) in [5.41, 5.74) is 2.02. The third kappa shape index (κ3) is 4.26. The lowest BCUT2D eigenvalue weighted by Crippen LogP contribution is -2.46. The SMILES string of the molecule is CCS(=O)(=O)c1ccc(CCC(=O)c2cc3c(s2)C2(CCNCC2)OC(C)C3)cc1. The van der Waals surface area contributed by atoms with E-state index < -0.39 is 9.84 Å². The second-order valence-corrected chi connectivity index (χ2v) is 11.6. The summed E-state index contributed by atoms with van der Waals surface area (Å²) in [4.78, 5) is 15.3. The maximum atomic E-state index is 12.9. The van der Waals surface area contributed by atoms with Crippen molar-refractivity contribution in [2.75, 3.05) is 18.8 Å². The normalized spacial score (nSPS) is 20.8. The van der Waals surface area contributed by atoms with E-state index in [-0.39, 0.29) is 23.2 Å². The summed E-state index contributed by atoms with van der Waals surface area (Å²) in [6, 6.07) is 9.00. The van der Waals surface area contributed by atoms with Gasteiger partial charge in [0.25, 0.3) is 0 Å². The number of carbonyl (C=O) groups excluding carboxylic acids is 1. The van der Waals surface area contributed by atoms with Crippen LogP contribution in [0.4, 0.5) is 0 Å². The molecule has 2 aliphatic rings. The zero-order valence-electron chi connectivity index (χ0n) is 17.6. The second kappa shape index (κ2) is 8.54. The first-order valence-corrected chi connectivity index (χ1v) is 13.2. The summed E-state index contributed by atoms with van der Waals surface area (Å²) in [6.45, 7) is 5.64. The molecule has 1 N–H and O–H groups in total. The minimum Gasteiger partial charge on any atom is -0.366 e. The van der Waals surface area contributed by atoms with E-state index in [1.807, 2.05) is 12.1 Å². The predicted octanol–water partition coefficient (Wildman–Crippen LogP) is 3.90. The summed E-state index contributed by atoms with van der Waals surface area (Å²) in [6.07, 6.45) is 3.96. The molecular weight excluding hydrogens is 418 g/mol. The van der Waals surface area contributed by atoms with Crippen molar-refractivity contribution < 1.29 is 17.9 Å². The van der Waals surface area contributed by atoms with Crippen LogP contribution in [0.2, 0.25) is 0 Å². The monoisotopic (exact) mass is 447 g/mol. The van der Waals surface area contributed by atoms with Crippen LogP contribution in [0.5, 0.6) is 0 Å². The summed E-state index contributed by atoms with van der Waals surface area (Å²) in [5.74, 6) is 0.240. The maximum Gasteiger partial charge on any atom is 0.178 e. The van der Waals surface area contributed by atoms with Crippen molar-refractivity contribution in [1.82, 2.24) is 5.32 Å². The summed E-state index contributed by atoms with van der Waals surface area (Å²) < 4.78 is 30.3. The zero-order chi connectivity index (χ0) is 21.4. The zero-order valence-corrected chi connectivity index (χ0v) is 19.2. The van der Waals surface area contributed by atoms with Gasteiger partial charge in [0.2, 0.25) is 0 Å². The molecule has 2 aliphatic heterocycles. The summed E-state index contributed by atoms with van der Waals surface area (Å²) in [7, 11) is -3.19. The third-order valence-corrected chi connectivity index (χ3v) is 9.30. The van der Waals surface area contributed by atoms with Crippen LogP contribution in [0, 0.1) is 0 Å². The summed E-state index contributed by atoms with van der Waals surface area (Å²) >= 11 is 1.61. The van der Waals surface area contributed by atoms with E-state index in [0.29, 0.717) is 17.7 Å². The largest absolute Gasteiger partial charge is 0.366 e. The number of ketones is 1. The van der Waals surface area contributed by atoms with Crippen LogP contribution in [0.25, 0.3) is 0 Å². The van der Waals surface area contributed by atoms with Crippen LogP contribution in [0.1, 0.15) is 58.8 Å². The van der Waals surface area contributed by atoms with Gasteiger partial charge in [-0.25, -0.2) is 8.42 Å². The number of piperidine rings is 1. The molecule has 0 aliphatic carbocycles. The highest BCUT2D eigenvalue weighted by molar-refractivity contribution is 7.91. The van der Waals surface area contributed by atoms with Gasteiger partial charge in [-0.2, -0.15) is 0 Å². The Morgan fingerprint density at radius 1 is 1.23 bits per heavy atom. The number of benzene rings is 1. The molecule has 3 heterocycles. The van der Waals surface area contributed by atoms with Crippen molar-refractivity contribution in [2.24, 2.45) is 0 Å². The number of aryl methyl sites for hydroxylation is 1. The number of rotatable bonds is 6. The Labute approximate surface area is 182 Å². The van der Waals surface area contributed by atoms with Crippen LogP contribution in [-0.4, -0.2) is 39.1 Å². The van der Waals surface area contributed by atoms with Gasteiger partial charge in [0, 0.05) is 11.3 Å². The first-order valence-electron chi connectivity index (χ1n) is 10.7. The molecule has 4 rings (SSSR count). The molecule has 162 valence electrons. The minimum atomic E-state index is -3.19. The Kier molecular flexibility index (Phi) is 6.17. The molecule has 1 fully saturated rings. The van der Waals surface area contributed by atoms with Crippen molar-refractivity contribution in [3.05, 3.63) is 51.2 Å². The van der Waals surface area contributed by atoms with Gasteiger partial charge in [0.05, 0.1) is 21.6 Å². The molecule has 1 aromatic heterocycles. The molecule has 30 heavy (non-hydrogen) atoms. The number of fused-ring (bicyclic) bond motifs is 2. The van der Waals surface area contributed by atoms with Crippen molar-refractivity contribution in [1.29, 1.82) is 0 Å². The van der Waals surface area contributed by atoms with E-state index in [9.17, 15) is 13.2 Å². The lowest BCUT2D eigenvalue weighted by molar-refractivity contribution is -0.117. The molecular formula is C23H29NO4S2. The molecule has 1 unspecified atom stereocenters. The standard InChI is InChI=1S/C23H29NO4S2/c1-3-30(26,27)19-7-4-17(5-8-19)6-9-20(25)21-15-18-14-16(2)28-23(22(18)29-21)10-12-24-13-11-23/h4-5,7-8,15-16,24H,3,6,9-14H2,1-2H3. The van der Waals surface area contributed by atoms with Crippen molar-refractivity contribution in [2.45, 2.75) is 62.6 Å². The van der Waals surface area contributed by atoms with Gasteiger partial charge in [0.1, 0.15) is 5.60 Å². The first-order chi connectivity index (χ1) is 14.3. The topological polar surface area (TPSA) is 72.5 Å². The predicted molar refractivity (Wildman–Crippen MR) is 119 cm³/mol. The van der Waals surface area contributed by atoms with E-state index in [4.69, 9.17) is 4.74 Å². The van der Waals surface area contributed by atoms with Gasteiger partial charge in [-0.15, -0.1) is 11.3 Å². The van der Waals surface area contributed by atoms with E-state index in [0.717, 1.165) is 42.8 Å². The van der Waals surface area contributed by atoms with Crippen LogP contribution in [0.15, 0.2) is 35.2 Å². The van der Waals surface area contributed by atoms with Gasteiger partial charge in [-0.1, -0.05) is 19.1 Å². The molecule has 0 amide bonds. The Morgan fingerprint density at radius 2 is 1.93 bits per heavy atom. The van der Waals surface area contributed by atoms with E-state index in [1.54, 1.807) is 30.4 Å². The van der Waals surface area contributed by atoms with Crippen molar-refractivity contribution in [3.8, 4) is 0 Å². The van der Waals surface area contributed by atoms with Crippen LogP contribution < -0.4 is 5.32 Å². The lowest BCUT2D eigenvalue weighted by Gasteiger charge is -2.43.